The molecule has 2 amide bonds. The van der Waals surface area contributed by atoms with Crippen LogP contribution in [0.3, 0.4) is 0 Å². The van der Waals surface area contributed by atoms with E-state index in [1.54, 1.807) is 19.2 Å². The summed E-state index contributed by atoms with van der Waals surface area (Å²) < 4.78 is 8.59. The number of rotatable bonds is 4. The monoisotopic (exact) mass is 306 g/mol. The largest absolute Gasteiger partial charge is 0.453 e. The number of carbonyl (C=O) groups is 2. The smallest absolute Gasteiger partial charge is 0.412 e. The summed E-state index contributed by atoms with van der Waals surface area (Å²) in [6.07, 6.45) is 1.01. The molecule has 0 fully saturated rings. The van der Waals surface area contributed by atoms with Gasteiger partial charge in [-0.05, 0) is 30.6 Å². The van der Waals surface area contributed by atoms with Crippen LogP contribution in [0.25, 0.3) is 0 Å². The zero-order valence-electron chi connectivity index (χ0n) is 11.5. The quantitative estimate of drug-likeness (QED) is 0.900. The van der Waals surface area contributed by atoms with E-state index in [0.717, 1.165) is 17.2 Å². The lowest BCUT2D eigenvalue weighted by molar-refractivity contribution is 0.0951. The molecule has 2 aromatic rings. The molecule has 7 nitrogen and oxygen atoms in total. The Balaban J connectivity index is 2.08. The van der Waals surface area contributed by atoms with E-state index in [1.165, 1.54) is 7.11 Å². The topological polar surface area (TPSA) is 93.2 Å². The van der Waals surface area contributed by atoms with Crippen molar-refractivity contribution in [2.45, 2.75) is 13.5 Å². The van der Waals surface area contributed by atoms with Gasteiger partial charge in [0.15, 0.2) is 0 Å². The maximum atomic E-state index is 12.2. The van der Waals surface area contributed by atoms with E-state index in [0.29, 0.717) is 22.8 Å². The molecule has 0 aliphatic rings. The zero-order valence-corrected chi connectivity index (χ0v) is 12.4. The Morgan fingerprint density at radius 2 is 2.19 bits per heavy atom. The molecule has 0 aliphatic heterocycles. The number of carbonyl (C=O) groups excluding carboxylic acids is 2. The van der Waals surface area contributed by atoms with E-state index in [9.17, 15) is 9.59 Å². The number of nitrogens with zero attached hydrogens (tertiary/aromatic N) is 2. The molecule has 0 atom stereocenters. The summed E-state index contributed by atoms with van der Waals surface area (Å²) in [5.74, 6) is -0.321. The predicted octanol–water partition coefficient (Wildman–Crippen LogP) is 1.95. The average Bonchev–Trinajstić information content (AvgIpc) is 2.86. The predicted molar refractivity (Wildman–Crippen MR) is 78.3 cm³/mol. The molecule has 8 heteroatoms. The minimum Gasteiger partial charge on any atom is -0.453 e. The number of hydrogen-bond donors (Lipinski definition) is 2. The normalized spacial score (nSPS) is 10.0. The Hall–Kier alpha value is -2.48. The van der Waals surface area contributed by atoms with Crippen LogP contribution in [-0.2, 0) is 11.3 Å². The van der Waals surface area contributed by atoms with E-state index in [4.69, 9.17) is 0 Å². The van der Waals surface area contributed by atoms with E-state index in [2.05, 4.69) is 24.7 Å². The molecule has 2 heterocycles. The van der Waals surface area contributed by atoms with Crippen LogP contribution in [0.1, 0.15) is 21.7 Å². The Kier molecular flexibility index (Phi) is 4.83. The van der Waals surface area contributed by atoms with E-state index in [-0.39, 0.29) is 5.91 Å². The molecule has 0 aliphatic carbocycles. The van der Waals surface area contributed by atoms with E-state index in [1.807, 2.05) is 12.1 Å². The van der Waals surface area contributed by atoms with Crippen LogP contribution in [0, 0.1) is 6.92 Å². The first-order valence-corrected chi connectivity index (χ1v) is 6.88. The molecule has 21 heavy (non-hydrogen) atoms. The number of pyridine rings is 1. The van der Waals surface area contributed by atoms with Gasteiger partial charge in [0.2, 0.25) is 0 Å². The minimum absolute atomic E-state index is 0.298. The molecule has 2 rings (SSSR count). The van der Waals surface area contributed by atoms with Gasteiger partial charge < -0.3 is 10.1 Å². The van der Waals surface area contributed by atoms with Crippen LogP contribution in [0.15, 0.2) is 24.4 Å². The molecule has 0 radical (unpaired) electrons. The molecular weight excluding hydrogens is 292 g/mol. The summed E-state index contributed by atoms with van der Waals surface area (Å²) >= 11 is 1.03. The first kappa shape index (κ1) is 14.9. The lowest BCUT2D eigenvalue weighted by Gasteiger charge is -2.07. The molecule has 2 N–H and O–H groups in total. The van der Waals surface area contributed by atoms with Crippen LogP contribution in [0.4, 0.5) is 9.80 Å². The lowest BCUT2D eigenvalue weighted by atomic mass is 10.2. The van der Waals surface area contributed by atoms with Gasteiger partial charge in [-0.15, -0.1) is 0 Å². The van der Waals surface area contributed by atoms with Crippen molar-refractivity contribution >= 4 is 28.5 Å². The van der Waals surface area contributed by atoms with Gasteiger partial charge in [0.05, 0.1) is 30.6 Å². The maximum Gasteiger partial charge on any atom is 0.412 e. The number of aryl methyl sites for hydroxylation is 1. The second kappa shape index (κ2) is 6.80. The highest BCUT2D eigenvalue weighted by molar-refractivity contribution is 7.11. The van der Waals surface area contributed by atoms with Gasteiger partial charge in [0, 0.05) is 6.20 Å². The summed E-state index contributed by atoms with van der Waals surface area (Å²) in [5.41, 5.74) is 1.63. The fraction of sp³-hybridized carbons (Fsp3) is 0.231. The fourth-order valence-electron chi connectivity index (χ4n) is 1.63. The highest BCUT2D eigenvalue weighted by atomic mass is 32.1. The van der Waals surface area contributed by atoms with Gasteiger partial charge in [0.25, 0.3) is 5.91 Å². The van der Waals surface area contributed by atoms with Crippen molar-refractivity contribution in [3.8, 4) is 0 Å². The number of ether oxygens (including phenoxy) is 1. The van der Waals surface area contributed by atoms with Crippen LogP contribution < -0.4 is 10.6 Å². The average molecular weight is 306 g/mol. The number of methoxy groups -OCH3 is 1. The van der Waals surface area contributed by atoms with Crippen LogP contribution in [0.2, 0.25) is 0 Å². The second-order valence-corrected chi connectivity index (χ2v) is 4.87. The number of aromatic nitrogens is 2. The second-order valence-electron chi connectivity index (χ2n) is 4.09. The zero-order chi connectivity index (χ0) is 15.2. The first-order chi connectivity index (χ1) is 10.1. The van der Waals surface area contributed by atoms with Crippen LogP contribution >= 0.6 is 11.5 Å². The summed E-state index contributed by atoms with van der Waals surface area (Å²) in [4.78, 5) is 27.6. The number of anilines is 1. The van der Waals surface area contributed by atoms with Crippen molar-refractivity contribution in [1.82, 2.24) is 14.7 Å². The fourth-order valence-corrected chi connectivity index (χ4v) is 2.41. The van der Waals surface area contributed by atoms with Crippen molar-refractivity contribution < 1.29 is 14.3 Å². The van der Waals surface area contributed by atoms with Gasteiger partial charge in [-0.3, -0.25) is 15.1 Å². The number of amides is 2. The Morgan fingerprint density at radius 3 is 2.86 bits per heavy atom. The molecular formula is C13H14N4O3S. The van der Waals surface area contributed by atoms with Crippen molar-refractivity contribution in [1.29, 1.82) is 0 Å². The Morgan fingerprint density at radius 1 is 1.38 bits per heavy atom. The summed E-state index contributed by atoms with van der Waals surface area (Å²) in [6, 6.07) is 5.46. The van der Waals surface area contributed by atoms with Crippen molar-refractivity contribution in [3.05, 3.63) is 41.3 Å². The molecule has 0 saturated heterocycles. The number of nitrogens with one attached hydrogen (secondary N) is 2. The van der Waals surface area contributed by atoms with Gasteiger partial charge >= 0.3 is 6.09 Å². The maximum absolute atomic E-state index is 12.2. The minimum atomic E-state index is -0.641. The van der Waals surface area contributed by atoms with Crippen LogP contribution in [-0.4, -0.2) is 28.5 Å². The molecule has 0 spiro atoms. The van der Waals surface area contributed by atoms with Gasteiger partial charge in [-0.25, -0.2) is 4.79 Å². The molecule has 2 aromatic heterocycles. The third-order valence-corrected chi connectivity index (χ3v) is 3.50. The molecule has 0 unspecified atom stereocenters. The summed E-state index contributed by atoms with van der Waals surface area (Å²) in [6.45, 7) is 2.00. The standard InChI is InChI=1S/C13H14N4O3S/c1-8-10(12(21-17-8)16-13(19)20-2)11(18)15-7-9-5-3-4-6-14-9/h3-6H,7H2,1-2H3,(H,15,18)(H,16,19). The SMILES string of the molecule is COC(=O)Nc1snc(C)c1C(=O)NCc1ccccn1. The highest BCUT2D eigenvalue weighted by Gasteiger charge is 2.20. The lowest BCUT2D eigenvalue weighted by Crippen LogP contribution is -2.25. The summed E-state index contributed by atoms with van der Waals surface area (Å²) in [5, 5.41) is 5.58. The molecule has 110 valence electrons. The summed E-state index contributed by atoms with van der Waals surface area (Å²) in [7, 11) is 1.25. The molecule has 0 bridgehead atoms. The third-order valence-electron chi connectivity index (χ3n) is 2.65. The van der Waals surface area contributed by atoms with E-state index < -0.39 is 6.09 Å². The molecule has 0 aromatic carbocycles. The van der Waals surface area contributed by atoms with Gasteiger partial charge in [0.1, 0.15) is 5.00 Å². The third kappa shape index (κ3) is 3.76. The highest BCUT2D eigenvalue weighted by Crippen LogP contribution is 2.24. The number of hydrogen-bond acceptors (Lipinski definition) is 6. The Bertz CT molecular complexity index is 642. The van der Waals surface area contributed by atoms with Crippen LogP contribution in [0.5, 0.6) is 0 Å². The van der Waals surface area contributed by atoms with Crippen molar-refractivity contribution in [3.63, 3.8) is 0 Å². The van der Waals surface area contributed by atoms with Gasteiger partial charge in [-0.1, -0.05) is 6.07 Å². The molecule has 0 saturated carbocycles. The van der Waals surface area contributed by atoms with Gasteiger partial charge in [-0.2, -0.15) is 4.37 Å². The first-order valence-electron chi connectivity index (χ1n) is 6.11. The van der Waals surface area contributed by atoms with E-state index >= 15 is 0 Å². The van der Waals surface area contributed by atoms with Crippen molar-refractivity contribution in [2.24, 2.45) is 0 Å². The van der Waals surface area contributed by atoms with Crippen molar-refractivity contribution in [2.75, 3.05) is 12.4 Å². The Labute approximate surface area is 125 Å².